The van der Waals surface area contributed by atoms with Crippen molar-refractivity contribution in [2.24, 2.45) is 5.14 Å². The average molecular weight is 717 g/mol. The zero-order chi connectivity index (χ0) is 35.8. The first kappa shape index (κ1) is 35.7. The summed E-state index contributed by atoms with van der Waals surface area (Å²) in [6, 6.07) is 22.7. The number of nitrogens with zero attached hydrogens (tertiary/aromatic N) is 4. The van der Waals surface area contributed by atoms with E-state index in [0.29, 0.717) is 46.0 Å². The van der Waals surface area contributed by atoms with E-state index >= 15 is 0 Å². The fraction of sp³-hybridized carbons (Fsp3) is 0.182. The van der Waals surface area contributed by atoms with E-state index in [1.807, 2.05) is 6.92 Å². The zero-order valence-corrected chi connectivity index (χ0v) is 28.5. The molecule has 2 aromatic heterocycles. The van der Waals surface area contributed by atoms with E-state index in [-0.39, 0.29) is 35.2 Å². The van der Waals surface area contributed by atoms with Crippen LogP contribution in [0.5, 0.6) is 0 Å². The van der Waals surface area contributed by atoms with Crippen molar-refractivity contribution in [2.45, 2.75) is 37.1 Å². The topological polar surface area (TPSA) is 217 Å². The number of hydrogen-bond donors (Lipinski definition) is 4. The molecule has 0 saturated heterocycles. The number of nitrogens with two attached hydrogens (primary N) is 1. The predicted octanol–water partition coefficient (Wildman–Crippen LogP) is 3.74. The molecule has 0 aliphatic heterocycles. The summed E-state index contributed by atoms with van der Waals surface area (Å²) in [5, 5.41) is 19.3. The quantitative estimate of drug-likeness (QED) is 0.0401. The molecule has 0 spiro atoms. The minimum absolute atomic E-state index is 0.0216. The number of ether oxygens (including phenoxy) is 1. The van der Waals surface area contributed by atoms with Crippen molar-refractivity contribution in [1.82, 2.24) is 25.4 Å². The van der Waals surface area contributed by atoms with Crippen LogP contribution in [0.2, 0.25) is 0 Å². The Morgan fingerprint density at radius 1 is 0.920 bits per heavy atom. The summed E-state index contributed by atoms with van der Waals surface area (Å²) in [6.45, 7) is 3.60. The Hall–Kier alpha value is -5.62. The van der Waals surface area contributed by atoms with Gasteiger partial charge in [-0.05, 0) is 37.6 Å². The highest BCUT2D eigenvalue weighted by Gasteiger charge is 2.31. The third kappa shape index (κ3) is 8.15. The van der Waals surface area contributed by atoms with E-state index in [1.54, 1.807) is 91.9 Å². The summed E-state index contributed by atoms with van der Waals surface area (Å²) < 4.78 is 29.5. The largest absolute Gasteiger partial charge is 0.464 e. The van der Waals surface area contributed by atoms with Crippen molar-refractivity contribution in [3.63, 3.8) is 0 Å². The summed E-state index contributed by atoms with van der Waals surface area (Å²) in [5.74, 6) is -2.36. The molecule has 258 valence electrons. The molecule has 3 aromatic carbocycles. The van der Waals surface area contributed by atoms with Crippen molar-refractivity contribution in [1.29, 1.82) is 0 Å². The lowest BCUT2D eigenvalue weighted by molar-refractivity contribution is -0.148. The molecule has 1 atom stereocenters. The minimum Gasteiger partial charge on any atom is -0.464 e. The third-order valence-corrected chi connectivity index (χ3v) is 9.24. The van der Waals surface area contributed by atoms with Crippen molar-refractivity contribution < 1.29 is 32.3 Å². The van der Waals surface area contributed by atoms with Gasteiger partial charge >= 0.3 is 5.97 Å². The van der Waals surface area contributed by atoms with Gasteiger partial charge in [0, 0.05) is 23.2 Å². The first-order valence-electron chi connectivity index (χ1n) is 15.3. The van der Waals surface area contributed by atoms with Crippen LogP contribution in [0, 0.1) is 0 Å². The summed E-state index contributed by atoms with van der Waals surface area (Å²) >= 11 is 0.544. The Kier molecular flexibility index (Phi) is 11.2. The predicted molar refractivity (Wildman–Crippen MR) is 185 cm³/mol. The molecule has 0 saturated carbocycles. The van der Waals surface area contributed by atoms with Gasteiger partial charge in [0.25, 0.3) is 15.9 Å². The second kappa shape index (κ2) is 15.7. The van der Waals surface area contributed by atoms with E-state index in [2.05, 4.69) is 31.5 Å². The fourth-order valence-corrected chi connectivity index (χ4v) is 6.16. The number of rotatable bonds is 15. The number of esters is 1. The van der Waals surface area contributed by atoms with Crippen LogP contribution < -0.4 is 21.3 Å². The molecule has 0 fully saturated rings. The molecule has 0 radical (unpaired) electrons. The Morgan fingerprint density at radius 2 is 1.58 bits per heavy atom. The van der Waals surface area contributed by atoms with Crippen LogP contribution in [0.25, 0.3) is 16.9 Å². The molecule has 5 N–H and O–H groups in total. The molecule has 5 aromatic rings. The molecule has 5 rings (SSSR count). The number of carbonyl (C=O) groups is 4. The van der Waals surface area contributed by atoms with Gasteiger partial charge in [0.1, 0.15) is 0 Å². The van der Waals surface area contributed by atoms with E-state index in [0.717, 1.165) is 0 Å². The van der Waals surface area contributed by atoms with Gasteiger partial charge in [-0.15, -0.1) is 10.2 Å². The molecule has 0 aliphatic carbocycles. The standard InChI is InChI=1S/C33H32N8O7S2/c1-3-11-24(42)26(31(45)48-4-2)37-36-22-16-18-23(19-17-22)41-28(20-12-7-5-8-13-20)25(29(43)21-14-9-6-10-15-21)27(40-41)30(44)35-32-38-39-33(49-32)50(34,46)47/h5-10,12-19,26,36-37H,3-4,11H2,1-2H3,(H2,34,46,47)(H,35,38,44). The number of Topliss-reactive ketones (excluding diaryl/α,β-unsaturated/α-hetero) is 1. The normalized spacial score (nSPS) is 11.8. The van der Waals surface area contributed by atoms with Crippen molar-refractivity contribution in [3.8, 4) is 16.9 Å². The molecule has 17 heteroatoms. The van der Waals surface area contributed by atoms with Crippen LogP contribution in [-0.2, 0) is 24.3 Å². The number of anilines is 2. The maximum absolute atomic E-state index is 14.2. The Balaban J connectivity index is 1.57. The average Bonchev–Trinajstić information content (AvgIpc) is 3.75. The lowest BCUT2D eigenvalue weighted by Gasteiger charge is -2.17. The van der Waals surface area contributed by atoms with Crippen LogP contribution >= 0.6 is 11.3 Å². The van der Waals surface area contributed by atoms with Crippen LogP contribution in [0.3, 0.4) is 0 Å². The molecule has 1 amide bonds. The fourth-order valence-electron chi connectivity index (χ4n) is 4.84. The monoisotopic (exact) mass is 716 g/mol. The smallest absolute Gasteiger partial charge is 0.332 e. The number of benzene rings is 3. The second-order valence-corrected chi connectivity index (χ2v) is 13.3. The van der Waals surface area contributed by atoms with Gasteiger partial charge in [0.05, 0.1) is 23.6 Å². The maximum atomic E-state index is 14.2. The number of hydrogen-bond acceptors (Lipinski definition) is 13. The molecular formula is C33H32N8O7S2. The highest BCUT2D eigenvalue weighted by atomic mass is 32.2. The van der Waals surface area contributed by atoms with Gasteiger partial charge in [-0.1, -0.05) is 78.9 Å². The van der Waals surface area contributed by atoms with Gasteiger partial charge in [-0.3, -0.25) is 19.7 Å². The van der Waals surface area contributed by atoms with Gasteiger partial charge < -0.3 is 10.2 Å². The second-order valence-electron chi connectivity index (χ2n) is 10.6. The van der Waals surface area contributed by atoms with Crippen LogP contribution in [0.4, 0.5) is 10.8 Å². The van der Waals surface area contributed by atoms with E-state index in [4.69, 9.17) is 9.88 Å². The Labute approximate surface area is 290 Å². The number of ketones is 2. The number of amides is 1. The van der Waals surface area contributed by atoms with Gasteiger partial charge in [0.2, 0.25) is 9.47 Å². The Morgan fingerprint density at radius 3 is 2.18 bits per heavy atom. The zero-order valence-electron chi connectivity index (χ0n) is 26.8. The van der Waals surface area contributed by atoms with E-state index in [1.165, 1.54) is 4.68 Å². The number of primary sulfonamides is 1. The molecule has 0 bridgehead atoms. The van der Waals surface area contributed by atoms with E-state index in [9.17, 15) is 27.6 Å². The number of sulfonamides is 1. The number of aromatic nitrogens is 4. The molecular weight excluding hydrogens is 685 g/mol. The lowest BCUT2D eigenvalue weighted by atomic mass is 9.97. The van der Waals surface area contributed by atoms with Crippen molar-refractivity contribution >= 4 is 55.6 Å². The molecule has 1 unspecified atom stereocenters. The summed E-state index contributed by atoms with van der Waals surface area (Å²) in [5.41, 5.74) is 7.45. The van der Waals surface area contributed by atoms with Crippen molar-refractivity contribution in [2.75, 3.05) is 17.3 Å². The van der Waals surface area contributed by atoms with Gasteiger partial charge in [-0.2, -0.15) is 5.10 Å². The van der Waals surface area contributed by atoms with Crippen molar-refractivity contribution in [3.05, 3.63) is 102 Å². The summed E-state index contributed by atoms with van der Waals surface area (Å²) in [6.07, 6.45) is 0.746. The van der Waals surface area contributed by atoms with Crippen LogP contribution in [0.15, 0.2) is 89.3 Å². The van der Waals surface area contributed by atoms with E-state index < -0.39 is 38.1 Å². The first-order chi connectivity index (χ1) is 24.0. The SMILES string of the molecule is CCCC(=O)C(NNc1ccc(-n2nc(C(=O)Nc3nnc(S(N)(=O)=O)s3)c(C(=O)c3ccccc3)c2-c2ccccc2)cc1)C(=O)OCC. The summed E-state index contributed by atoms with van der Waals surface area (Å²) in [4.78, 5) is 53.0. The third-order valence-electron chi connectivity index (χ3n) is 7.09. The Bertz CT molecular complexity index is 2100. The lowest BCUT2D eigenvalue weighted by Crippen LogP contribution is -2.47. The van der Waals surface area contributed by atoms with Crippen LogP contribution in [-0.4, -0.2) is 64.5 Å². The molecule has 15 nitrogen and oxygen atoms in total. The number of nitrogens with one attached hydrogen (secondary N) is 3. The summed E-state index contributed by atoms with van der Waals surface area (Å²) in [7, 11) is -4.17. The highest BCUT2D eigenvalue weighted by Crippen LogP contribution is 2.32. The van der Waals surface area contributed by atoms with Gasteiger partial charge in [0.15, 0.2) is 23.3 Å². The molecule has 0 aliphatic rings. The van der Waals surface area contributed by atoms with Crippen LogP contribution in [0.1, 0.15) is 53.1 Å². The first-order valence-corrected chi connectivity index (χ1v) is 17.6. The molecule has 50 heavy (non-hydrogen) atoms. The highest BCUT2D eigenvalue weighted by molar-refractivity contribution is 7.91. The maximum Gasteiger partial charge on any atom is 0.332 e. The number of hydrazine groups is 1. The minimum atomic E-state index is -4.17. The molecule has 2 heterocycles. The number of carbonyl (C=O) groups excluding carboxylic acids is 4. The van der Waals surface area contributed by atoms with Gasteiger partial charge in [-0.25, -0.2) is 28.5 Å².